The molecule has 0 radical (unpaired) electrons. The minimum absolute atomic E-state index is 0.305. The normalized spacial score (nSPS) is 13.2. The summed E-state index contributed by atoms with van der Waals surface area (Å²) in [6.45, 7) is 4.90. The average molecular weight is 383 g/mol. The van der Waals surface area contributed by atoms with Crippen LogP contribution in [-0.2, 0) is 29.7 Å². The highest BCUT2D eigenvalue weighted by Crippen LogP contribution is 2.32. The second-order valence-corrected chi connectivity index (χ2v) is 6.96. The summed E-state index contributed by atoms with van der Waals surface area (Å²) in [7, 11) is 2.76. The number of carbonyl (C=O) groups excluding carboxylic acids is 1. The molecule has 1 aliphatic heterocycles. The van der Waals surface area contributed by atoms with Crippen molar-refractivity contribution in [3.8, 4) is 0 Å². The fourth-order valence-corrected chi connectivity index (χ4v) is 3.55. The number of hydrogen-bond acceptors (Lipinski definition) is 6. The van der Waals surface area contributed by atoms with Crippen molar-refractivity contribution in [2.75, 3.05) is 18.6 Å². The number of rotatable bonds is 3. The Kier molecular flexibility index (Phi) is 4.10. The molecule has 146 valence electrons. The van der Waals surface area contributed by atoms with Crippen LogP contribution >= 0.6 is 0 Å². The standard InChI is InChI=1S/C19H21N5O4/c1-11-5-6-13(9-12(11)2)22-7-8-23-15-16(20-18(22)23)21(3)19(27)24(17(15)26)10-14(25)28-4/h5-6,9H,7-8,10H2,1-4H3. The molecule has 4 rings (SSSR count). The largest absolute Gasteiger partial charge is 0.468 e. The van der Waals surface area contributed by atoms with Crippen molar-refractivity contribution in [1.29, 1.82) is 0 Å². The molecular formula is C19H21N5O4. The number of ether oxygens (including phenoxy) is 1. The Labute approximate surface area is 160 Å². The van der Waals surface area contributed by atoms with Crippen LogP contribution in [0.15, 0.2) is 27.8 Å². The van der Waals surface area contributed by atoms with Crippen molar-refractivity contribution in [2.45, 2.75) is 26.9 Å². The van der Waals surface area contributed by atoms with Gasteiger partial charge in [-0.05, 0) is 37.1 Å². The molecular weight excluding hydrogens is 362 g/mol. The Balaban J connectivity index is 1.92. The van der Waals surface area contributed by atoms with Crippen molar-refractivity contribution in [3.63, 3.8) is 0 Å². The molecule has 1 aromatic carbocycles. The summed E-state index contributed by atoms with van der Waals surface area (Å²) in [6, 6.07) is 6.15. The van der Waals surface area contributed by atoms with Gasteiger partial charge < -0.3 is 14.2 Å². The highest BCUT2D eigenvalue weighted by Gasteiger charge is 2.29. The predicted molar refractivity (Wildman–Crippen MR) is 104 cm³/mol. The number of fused-ring (bicyclic) bond motifs is 3. The Morgan fingerprint density at radius 3 is 2.61 bits per heavy atom. The van der Waals surface area contributed by atoms with Crippen molar-refractivity contribution in [2.24, 2.45) is 7.05 Å². The zero-order valence-corrected chi connectivity index (χ0v) is 16.2. The lowest BCUT2D eigenvalue weighted by Gasteiger charge is -2.17. The molecule has 0 saturated heterocycles. The Morgan fingerprint density at radius 1 is 1.18 bits per heavy atom. The molecule has 0 bridgehead atoms. The van der Waals surface area contributed by atoms with E-state index in [4.69, 9.17) is 0 Å². The SMILES string of the molecule is COC(=O)Cn1c(=O)c2c(nc3n2CCN3c2ccc(C)c(C)c2)n(C)c1=O. The molecule has 0 amide bonds. The van der Waals surface area contributed by atoms with E-state index in [2.05, 4.69) is 28.8 Å². The third kappa shape index (κ3) is 2.54. The van der Waals surface area contributed by atoms with Crippen molar-refractivity contribution < 1.29 is 9.53 Å². The van der Waals surface area contributed by atoms with Gasteiger partial charge in [-0.3, -0.25) is 14.2 Å². The average Bonchev–Trinajstić information content (AvgIpc) is 3.24. The van der Waals surface area contributed by atoms with E-state index in [1.54, 1.807) is 11.6 Å². The number of methoxy groups -OCH3 is 1. The van der Waals surface area contributed by atoms with E-state index < -0.39 is 23.8 Å². The number of esters is 1. The first-order chi connectivity index (χ1) is 13.3. The van der Waals surface area contributed by atoms with Crippen LogP contribution in [0, 0.1) is 13.8 Å². The fraction of sp³-hybridized carbons (Fsp3) is 0.368. The molecule has 0 spiro atoms. The van der Waals surface area contributed by atoms with E-state index in [9.17, 15) is 14.4 Å². The quantitative estimate of drug-likeness (QED) is 0.623. The predicted octanol–water partition coefficient (Wildman–Crippen LogP) is 0.838. The van der Waals surface area contributed by atoms with Gasteiger partial charge in [-0.25, -0.2) is 9.36 Å². The third-order valence-corrected chi connectivity index (χ3v) is 5.32. The number of hydrogen-bond donors (Lipinski definition) is 0. The van der Waals surface area contributed by atoms with E-state index in [0.29, 0.717) is 30.2 Å². The van der Waals surface area contributed by atoms with E-state index >= 15 is 0 Å². The van der Waals surface area contributed by atoms with Crippen LogP contribution in [0.4, 0.5) is 11.6 Å². The molecule has 0 atom stereocenters. The second-order valence-electron chi connectivity index (χ2n) is 6.96. The molecule has 9 heteroatoms. The summed E-state index contributed by atoms with van der Waals surface area (Å²) in [6.07, 6.45) is 0. The number of carbonyl (C=O) groups is 1. The number of aryl methyl sites for hydroxylation is 3. The van der Waals surface area contributed by atoms with E-state index in [-0.39, 0.29) is 0 Å². The third-order valence-electron chi connectivity index (χ3n) is 5.32. The summed E-state index contributed by atoms with van der Waals surface area (Å²) in [5, 5.41) is 0. The molecule has 0 aliphatic carbocycles. The van der Waals surface area contributed by atoms with Gasteiger partial charge in [0.2, 0.25) is 5.95 Å². The number of anilines is 2. The topological polar surface area (TPSA) is 91.4 Å². The molecule has 3 aromatic rings. The monoisotopic (exact) mass is 383 g/mol. The number of aromatic nitrogens is 4. The number of imidazole rings is 1. The summed E-state index contributed by atoms with van der Waals surface area (Å²) >= 11 is 0. The first-order valence-electron chi connectivity index (χ1n) is 8.95. The summed E-state index contributed by atoms with van der Waals surface area (Å²) < 4.78 is 8.60. The van der Waals surface area contributed by atoms with E-state index in [0.717, 1.165) is 10.3 Å². The fourth-order valence-electron chi connectivity index (χ4n) is 3.55. The van der Waals surface area contributed by atoms with Gasteiger partial charge in [-0.1, -0.05) is 6.07 Å². The maximum absolute atomic E-state index is 13.0. The highest BCUT2D eigenvalue weighted by molar-refractivity contribution is 5.78. The second kappa shape index (κ2) is 6.36. The number of nitrogens with zero attached hydrogens (tertiary/aromatic N) is 5. The zero-order valence-electron chi connectivity index (χ0n) is 16.2. The van der Waals surface area contributed by atoms with Crippen molar-refractivity contribution in [1.82, 2.24) is 18.7 Å². The van der Waals surface area contributed by atoms with Gasteiger partial charge in [0.25, 0.3) is 5.56 Å². The van der Waals surface area contributed by atoms with Crippen molar-refractivity contribution >= 4 is 28.8 Å². The van der Waals surface area contributed by atoms with Crippen LogP contribution < -0.4 is 16.1 Å². The minimum atomic E-state index is -0.656. The van der Waals surface area contributed by atoms with Gasteiger partial charge >= 0.3 is 11.7 Å². The van der Waals surface area contributed by atoms with Gasteiger partial charge in [0.15, 0.2) is 11.2 Å². The molecule has 2 aromatic heterocycles. The van der Waals surface area contributed by atoms with Crippen LogP contribution in [0.5, 0.6) is 0 Å². The van der Waals surface area contributed by atoms with Gasteiger partial charge in [0, 0.05) is 25.8 Å². The van der Waals surface area contributed by atoms with Crippen LogP contribution in [0.2, 0.25) is 0 Å². The molecule has 28 heavy (non-hydrogen) atoms. The van der Waals surface area contributed by atoms with Crippen LogP contribution in [0.25, 0.3) is 11.2 Å². The Bertz CT molecular complexity index is 1230. The molecule has 0 unspecified atom stereocenters. The molecule has 9 nitrogen and oxygen atoms in total. The Morgan fingerprint density at radius 2 is 1.93 bits per heavy atom. The molecule has 0 N–H and O–H groups in total. The van der Waals surface area contributed by atoms with Crippen LogP contribution in [0.1, 0.15) is 11.1 Å². The zero-order chi connectivity index (χ0) is 20.2. The summed E-state index contributed by atoms with van der Waals surface area (Å²) in [5.41, 5.74) is 2.83. The van der Waals surface area contributed by atoms with Crippen LogP contribution in [-0.4, -0.2) is 38.3 Å². The molecule has 3 heterocycles. The van der Waals surface area contributed by atoms with Gasteiger partial charge in [-0.15, -0.1) is 0 Å². The van der Waals surface area contributed by atoms with E-state index in [1.807, 2.05) is 17.9 Å². The minimum Gasteiger partial charge on any atom is -0.468 e. The van der Waals surface area contributed by atoms with Gasteiger partial charge in [-0.2, -0.15) is 4.98 Å². The lowest BCUT2D eigenvalue weighted by atomic mass is 10.1. The van der Waals surface area contributed by atoms with Crippen molar-refractivity contribution in [3.05, 3.63) is 50.2 Å². The first kappa shape index (κ1) is 18.0. The van der Waals surface area contributed by atoms with Gasteiger partial charge in [0.1, 0.15) is 6.54 Å². The smallest absolute Gasteiger partial charge is 0.333 e. The van der Waals surface area contributed by atoms with Gasteiger partial charge in [0.05, 0.1) is 7.11 Å². The first-order valence-corrected chi connectivity index (χ1v) is 8.95. The Hall–Kier alpha value is -3.36. The highest BCUT2D eigenvalue weighted by atomic mass is 16.5. The molecule has 1 aliphatic rings. The summed E-state index contributed by atoms with van der Waals surface area (Å²) in [4.78, 5) is 43.8. The molecule has 0 saturated carbocycles. The number of benzene rings is 1. The lowest BCUT2D eigenvalue weighted by Crippen LogP contribution is -2.41. The maximum Gasteiger partial charge on any atom is 0.333 e. The lowest BCUT2D eigenvalue weighted by molar-refractivity contribution is -0.141. The van der Waals surface area contributed by atoms with E-state index in [1.165, 1.54) is 22.8 Å². The molecule has 0 fully saturated rings. The summed E-state index contributed by atoms with van der Waals surface area (Å²) in [5.74, 6) is -0.0439. The van der Waals surface area contributed by atoms with Crippen LogP contribution in [0.3, 0.4) is 0 Å². The maximum atomic E-state index is 13.0.